The summed E-state index contributed by atoms with van der Waals surface area (Å²) >= 11 is 0. The predicted octanol–water partition coefficient (Wildman–Crippen LogP) is 5.85. The molecule has 11 heavy (non-hydrogen) atoms. The van der Waals surface area contributed by atoms with Crippen LogP contribution in [0.4, 0.5) is 0 Å². The SMILES string of the molecule is PPP(/N=P/P(P)P)P(P)P. The molecule has 0 rings (SSSR count). The normalized spacial score (nSPS) is 16.3. The molecule has 0 N–H and O–H groups in total. The van der Waals surface area contributed by atoms with Crippen molar-refractivity contribution in [1.29, 1.82) is 0 Å². The van der Waals surface area contributed by atoms with E-state index in [2.05, 4.69) is 49.2 Å². The van der Waals surface area contributed by atoms with Gasteiger partial charge in [0.2, 0.25) is 0 Å². The van der Waals surface area contributed by atoms with Gasteiger partial charge in [0.1, 0.15) is 0 Å². The van der Waals surface area contributed by atoms with Crippen LogP contribution in [-0.4, -0.2) is 0 Å². The van der Waals surface area contributed by atoms with Gasteiger partial charge in [0.25, 0.3) is 0 Å². The lowest BCUT2D eigenvalue weighted by Gasteiger charge is -2.12. The molecule has 0 spiro atoms. The molecule has 0 aliphatic heterocycles. The largest absolute Gasteiger partial charge is 0.230 e. The zero-order valence-electron chi connectivity index (χ0n) is 5.62. The van der Waals surface area contributed by atoms with Crippen LogP contribution in [0.5, 0.6) is 0 Å². The lowest BCUT2D eigenvalue weighted by atomic mass is 13.9. The Morgan fingerprint density at radius 1 is 1.18 bits per heavy atom. The highest BCUT2D eigenvalue weighted by molar-refractivity contribution is 8.87. The van der Waals surface area contributed by atoms with Crippen molar-refractivity contribution in [2.24, 2.45) is 4.52 Å². The van der Waals surface area contributed by atoms with Crippen LogP contribution in [0.3, 0.4) is 0 Å². The van der Waals surface area contributed by atoms with Crippen LogP contribution in [0.2, 0.25) is 0 Å². The second-order valence-corrected chi connectivity index (χ2v) is 30.0. The summed E-state index contributed by atoms with van der Waals surface area (Å²) in [5.74, 6) is 0. The van der Waals surface area contributed by atoms with Crippen LogP contribution in [0.25, 0.3) is 0 Å². The Labute approximate surface area is 86.5 Å². The highest BCUT2D eigenvalue weighted by atomic mass is 32.9. The van der Waals surface area contributed by atoms with Gasteiger partial charge in [-0.1, -0.05) is 17.9 Å². The average Bonchev–Trinajstić information content (AvgIpc) is 1.87. The lowest BCUT2D eigenvalue weighted by molar-refractivity contribution is 2.09. The third-order valence-corrected chi connectivity index (χ3v) is 24.5. The number of rotatable bonds is 4. The minimum atomic E-state index is -0.0663. The molecule has 7 atom stereocenters. The van der Waals surface area contributed by atoms with Crippen molar-refractivity contribution in [2.75, 3.05) is 0 Å². The molecule has 0 aliphatic carbocycles. The summed E-state index contributed by atoms with van der Waals surface area (Å²) in [6.07, 6.45) is 0. The molecule has 0 bridgehead atoms. The van der Waals surface area contributed by atoms with E-state index in [9.17, 15) is 0 Å². The van der Waals surface area contributed by atoms with E-state index >= 15 is 0 Å². The van der Waals surface area contributed by atoms with Crippen LogP contribution in [-0.2, 0) is 0 Å². The van der Waals surface area contributed by atoms with E-state index in [1.165, 1.54) is 8.06 Å². The Hall–Kier alpha value is 3.97. The van der Waals surface area contributed by atoms with Crippen LogP contribution < -0.4 is 0 Å². The molecule has 0 aliphatic rings. The molecular formula is H11NP10. The fourth-order valence-electron chi connectivity index (χ4n) is 0.223. The van der Waals surface area contributed by atoms with Crippen LogP contribution in [0, 0.1) is 0 Å². The molecule has 0 saturated heterocycles. The maximum atomic E-state index is 4.64. The van der Waals surface area contributed by atoms with Gasteiger partial charge in [0, 0.05) is 15.0 Å². The van der Waals surface area contributed by atoms with Crippen molar-refractivity contribution in [3.8, 4) is 0 Å². The van der Waals surface area contributed by atoms with Gasteiger partial charge in [0.15, 0.2) is 0 Å². The number of nitrogens with zero attached hydrogens (tertiary/aromatic N) is 1. The molecule has 0 aromatic heterocycles. The Balaban J connectivity index is 3.87. The monoisotopic (exact) mass is 335 g/mol. The molecule has 0 aromatic carbocycles. The summed E-state index contributed by atoms with van der Waals surface area (Å²) in [4.78, 5) is 0. The fraction of sp³-hybridized carbons (Fsp3) is 0. The van der Waals surface area contributed by atoms with Gasteiger partial charge in [-0.15, -0.1) is 26.8 Å². The molecular weight excluding hydrogens is 324 g/mol. The standard InChI is InChI=1S/H11NP10/c2-8-9(11(5)6)1-7-10(3)4/h8H,2-6H2. The van der Waals surface area contributed by atoms with Gasteiger partial charge in [-0.05, 0) is 14.9 Å². The second-order valence-electron chi connectivity index (χ2n) is 1.36. The summed E-state index contributed by atoms with van der Waals surface area (Å²) in [5.41, 5.74) is 0. The van der Waals surface area contributed by atoms with Crippen molar-refractivity contribution in [3.05, 3.63) is 0 Å². The van der Waals surface area contributed by atoms with Crippen molar-refractivity contribution < 1.29 is 0 Å². The van der Waals surface area contributed by atoms with Crippen LogP contribution in [0.15, 0.2) is 4.52 Å². The highest BCUT2D eigenvalue weighted by Crippen LogP contribution is 2.90. The highest BCUT2D eigenvalue weighted by Gasteiger charge is 2.08. The van der Waals surface area contributed by atoms with E-state index in [1.807, 2.05) is 0 Å². The topological polar surface area (TPSA) is 12.4 Å². The summed E-state index contributed by atoms with van der Waals surface area (Å²) in [6, 6.07) is 0. The van der Waals surface area contributed by atoms with Crippen LogP contribution in [0.1, 0.15) is 0 Å². The Morgan fingerprint density at radius 2 is 1.73 bits per heavy atom. The number of hydrogen-bond donors (Lipinski definition) is 0. The van der Waals surface area contributed by atoms with Crippen LogP contribution >= 0.6 is 82.1 Å². The van der Waals surface area contributed by atoms with E-state index in [0.717, 1.165) is 7.96 Å². The van der Waals surface area contributed by atoms with Gasteiger partial charge >= 0.3 is 0 Å². The third kappa shape index (κ3) is 8.93. The van der Waals surface area contributed by atoms with E-state index in [-0.39, 0.29) is 21.4 Å². The molecule has 0 fully saturated rings. The second kappa shape index (κ2) is 9.21. The molecule has 0 radical (unpaired) electrons. The Morgan fingerprint density at radius 3 is 2.00 bits per heavy atom. The molecule has 0 amide bonds. The van der Waals surface area contributed by atoms with Gasteiger partial charge in [-0.25, -0.2) is 4.52 Å². The van der Waals surface area contributed by atoms with Gasteiger partial charge < -0.3 is 0 Å². The third-order valence-electron chi connectivity index (χ3n) is 0.562. The molecule has 0 aromatic rings. The maximum absolute atomic E-state index is 4.64. The van der Waals surface area contributed by atoms with Gasteiger partial charge in [-0.3, -0.25) is 0 Å². The van der Waals surface area contributed by atoms with E-state index in [4.69, 9.17) is 0 Å². The summed E-state index contributed by atoms with van der Waals surface area (Å²) in [7, 11) is 16.3. The molecule has 1 nitrogen and oxygen atoms in total. The quantitative estimate of drug-likeness (QED) is 0.572. The number of hydrogen-bond acceptors (Lipinski definition) is 1. The minimum absolute atomic E-state index is 0.0132. The van der Waals surface area contributed by atoms with E-state index in [0.29, 0.717) is 0 Å². The summed E-state index contributed by atoms with van der Waals surface area (Å²) in [5, 5.41) is 0. The van der Waals surface area contributed by atoms with Gasteiger partial charge in [-0.2, -0.15) is 0 Å². The lowest BCUT2D eigenvalue weighted by Crippen LogP contribution is -1.34. The molecule has 66 valence electrons. The Bertz CT molecular complexity index is 114. The average molecular weight is 335 g/mol. The summed E-state index contributed by atoms with van der Waals surface area (Å²) < 4.78 is 4.64. The predicted molar refractivity (Wildman–Crippen MR) is 87.0 cm³/mol. The van der Waals surface area contributed by atoms with Crippen molar-refractivity contribution in [2.45, 2.75) is 0 Å². The van der Waals surface area contributed by atoms with E-state index < -0.39 is 0 Å². The first-order chi connectivity index (χ1) is 5.07. The fourth-order valence-corrected chi connectivity index (χ4v) is 28.8. The molecule has 11 heteroatoms. The van der Waals surface area contributed by atoms with Crippen molar-refractivity contribution in [1.82, 2.24) is 0 Å². The first kappa shape index (κ1) is 15.0. The van der Waals surface area contributed by atoms with Crippen molar-refractivity contribution in [3.63, 3.8) is 0 Å². The van der Waals surface area contributed by atoms with E-state index in [1.54, 1.807) is 0 Å². The molecule has 0 saturated carbocycles. The summed E-state index contributed by atoms with van der Waals surface area (Å²) in [6.45, 7) is -0.00809. The first-order valence-corrected chi connectivity index (χ1v) is 18.7. The van der Waals surface area contributed by atoms with Crippen molar-refractivity contribution >= 4 is 82.1 Å². The Kier molecular flexibility index (Phi) is 12.5. The first-order valence-electron chi connectivity index (χ1n) is 2.35. The molecule has 7 unspecified atom stereocenters. The zero-order valence-corrected chi connectivity index (χ0v) is 16.0. The molecule has 0 heterocycles. The smallest absolute Gasteiger partial charge is 0.0775 e. The zero-order chi connectivity index (χ0) is 8.85. The minimum Gasteiger partial charge on any atom is -0.230 e. The maximum Gasteiger partial charge on any atom is 0.0775 e. The van der Waals surface area contributed by atoms with Gasteiger partial charge in [0.05, 0.1) is 7.45 Å².